The minimum absolute atomic E-state index is 0.00643. The van der Waals surface area contributed by atoms with Gasteiger partial charge < -0.3 is 10.1 Å². The summed E-state index contributed by atoms with van der Waals surface area (Å²) >= 11 is 1.46. The molecule has 1 aromatic carbocycles. The van der Waals surface area contributed by atoms with Gasteiger partial charge in [-0.25, -0.2) is 4.98 Å². The second kappa shape index (κ2) is 7.61. The zero-order valence-corrected chi connectivity index (χ0v) is 14.6. The fourth-order valence-electron chi connectivity index (χ4n) is 2.37. The van der Waals surface area contributed by atoms with Gasteiger partial charge in [0.1, 0.15) is 17.1 Å². The van der Waals surface area contributed by atoms with Crippen LogP contribution in [-0.4, -0.2) is 22.1 Å². The Kier molecular flexibility index (Phi) is 5.27. The number of anilines is 1. The Morgan fingerprint density at radius 3 is 2.73 bits per heavy atom. The van der Waals surface area contributed by atoms with Crippen molar-refractivity contribution in [3.63, 3.8) is 0 Å². The van der Waals surface area contributed by atoms with Gasteiger partial charge in [0.05, 0.1) is 11.7 Å². The number of halogens is 2. The van der Waals surface area contributed by atoms with Crippen molar-refractivity contribution in [1.29, 1.82) is 0 Å². The summed E-state index contributed by atoms with van der Waals surface area (Å²) in [5.74, 6) is -0.435. The number of hydrogen-bond acceptors (Lipinski definition) is 5. The summed E-state index contributed by atoms with van der Waals surface area (Å²) in [6, 6.07) is 7.31. The predicted octanol–water partition coefficient (Wildman–Crippen LogP) is 3.26. The third-order valence-corrected chi connectivity index (χ3v) is 4.78. The molecule has 1 amide bonds. The number of carbonyl (C=O) groups excluding carboxylic acids is 1. The van der Waals surface area contributed by atoms with Crippen molar-refractivity contribution >= 4 is 33.1 Å². The third-order valence-electron chi connectivity index (χ3n) is 3.59. The third kappa shape index (κ3) is 4.05. The van der Waals surface area contributed by atoms with E-state index in [0.29, 0.717) is 15.9 Å². The fraction of sp³-hybridized carbons (Fsp3) is 0.235. The molecule has 2 heterocycles. The van der Waals surface area contributed by atoms with Gasteiger partial charge >= 0.3 is 6.61 Å². The molecule has 2 aromatic heterocycles. The van der Waals surface area contributed by atoms with Gasteiger partial charge in [0, 0.05) is 10.6 Å². The molecule has 0 aliphatic heterocycles. The molecule has 0 saturated carbocycles. The molecule has 1 N–H and O–H groups in total. The van der Waals surface area contributed by atoms with Crippen LogP contribution in [0.25, 0.3) is 10.2 Å². The van der Waals surface area contributed by atoms with Crippen LogP contribution in [0.2, 0.25) is 0 Å². The van der Waals surface area contributed by atoms with Gasteiger partial charge in [0.2, 0.25) is 5.91 Å². The van der Waals surface area contributed by atoms with E-state index in [2.05, 4.69) is 15.0 Å². The lowest BCUT2D eigenvalue weighted by atomic mass is 10.3. The first-order chi connectivity index (χ1) is 12.5. The first-order valence-electron chi connectivity index (χ1n) is 7.79. The standard InChI is InChI=1S/C17H15F2N3O3S/c1-2-12-7-13-15(26-12)20-9-22(16(13)24)8-14(23)21-10-3-5-11(6-4-10)25-17(18)19/h3-7,9,17H,2,8H2,1H3,(H,21,23). The van der Waals surface area contributed by atoms with E-state index in [-0.39, 0.29) is 17.9 Å². The van der Waals surface area contributed by atoms with Gasteiger partial charge in [-0.15, -0.1) is 11.3 Å². The van der Waals surface area contributed by atoms with Gasteiger partial charge in [-0.05, 0) is 36.8 Å². The second-order valence-corrected chi connectivity index (χ2v) is 6.53. The molecule has 3 rings (SSSR count). The molecular formula is C17H15F2N3O3S. The minimum Gasteiger partial charge on any atom is -0.435 e. The molecule has 26 heavy (non-hydrogen) atoms. The molecule has 0 fully saturated rings. The van der Waals surface area contributed by atoms with Crippen molar-refractivity contribution < 1.29 is 18.3 Å². The SMILES string of the molecule is CCc1cc2c(=O)n(CC(=O)Nc3ccc(OC(F)F)cc3)cnc2s1. The lowest BCUT2D eigenvalue weighted by Gasteiger charge is -2.08. The topological polar surface area (TPSA) is 73.2 Å². The van der Waals surface area contributed by atoms with Crippen LogP contribution in [-0.2, 0) is 17.8 Å². The quantitative estimate of drug-likeness (QED) is 0.714. The van der Waals surface area contributed by atoms with E-state index >= 15 is 0 Å². The lowest BCUT2D eigenvalue weighted by molar-refractivity contribution is -0.116. The first kappa shape index (κ1) is 18.0. The summed E-state index contributed by atoms with van der Waals surface area (Å²) in [4.78, 5) is 30.5. The van der Waals surface area contributed by atoms with E-state index in [1.165, 1.54) is 46.5 Å². The number of ether oxygens (including phenoxy) is 1. The normalized spacial score (nSPS) is 11.1. The fourth-order valence-corrected chi connectivity index (χ4v) is 3.30. The van der Waals surface area contributed by atoms with Gasteiger partial charge in [-0.3, -0.25) is 14.2 Å². The van der Waals surface area contributed by atoms with Crippen molar-refractivity contribution in [3.05, 3.63) is 51.9 Å². The van der Waals surface area contributed by atoms with E-state index in [9.17, 15) is 18.4 Å². The minimum atomic E-state index is -2.91. The summed E-state index contributed by atoms with van der Waals surface area (Å²) < 4.78 is 29.7. The molecule has 0 saturated heterocycles. The molecule has 0 radical (unpaired) electrons. The Bertz CT molecular complexity index is 983. The molecule has 0 unspecified atom stereocenters. The van der Waals surface area contributed by atoms with Crippen LogP contribution < -0.4 is 15.6 Å². The van der Waals surface area contributed by atoms with Crippen molar-refractivity contribution in [2.24, 2.45) is 0 Å². The maximum Gasteiger partial charge on any atom is 0.387 e. The number of fused-ring (bicyclic) bond motifs is 1. The molecule has 6 nitrogen and oxygen atoms in total. The summed E-state index contributed by atoms with van der Waals surface area (Å²) in [7, 11) is 0. The van der Waals surface area contributed by atoms with Crippen LogP contribution >= 0.6 is 11.3 Å². The monoisotopic (exact) mass is 379 g/mol. The maximum absolute atomic E-state index is 12.5. The van der Waals surface area contributed by atoms with Crippen LogP contribution in [0.4, 0.5) is 14.5 Å². The Balaban J connectivity index is 1.71. The largest absolute Gasteiger partial charge is 0.435 e. The first-order valence-corrected chi connectivity index (χ1v) is 8.60. The number of aromatic nitrogens is 2. The zero-order valence-electron chi connectivity index (χ0n) is 13.7. The van der Waals surface area contributed by atoms with Crippen molar-refractivity contribution in [1.82, 2.24) is 9.55 Å². The van der Waals surface area contributed by atoms with E-state index in [0.717, 1.165) is 11.3 Å². The molecule has 3 aromatic rings. The van der Waals surface area contributed by atoms with E-state index in [4.69, 9.17) is 0 Å². The zero-order chi connectivity index (χ0) is 18.7. The van der Waals surface area contributed by atoms with Crippen molar-refractivity contribution in [3.8, 4) is 5.75 Å². The number of rotatable bonds is 6. The highest BCUT2D eigenvalue weighted by Crippen LogP contribution is 2.21. The number of carbonyl (C=O) groups is 1. The molecule has 0 aliphatic carbocycles. The van der Waals surface area contributed by atoms with E-state index in [1.54, 1.807) is 6.07 Å². The Morgan fingerprint density at radius 2 is 2.08 bits per heavy atom. The van der Waals surface area contributed by atoms with Gasteiger partial charge in [-0.1, -0.05) is 6.92 Å². The van der Waals surface area contributed by atoms with Crippen LogP contribution in [0.5, 0.6) is 5.75 Å². The van der Waals surface area contributed by atoms with E-state index in [1.807, 2.05) is 6.92 Å². The highest BCUT2D eigenvalue weighted by molar-refractivity contribution is 7.18. The van der Waals surface area contributed by atoms with Crippen LogP contribution in [0.3, 0.4) is 0 Å². The summed E-state index contributed by atoms with van der Waals surface area (Å²) in [5.41, 5.74) is 0.129. The predicted molar refractivity (Wildman–Crippen MR) is 95.0 cm³/mol. The molecule has 0 aliphatic rings. The van der Waals surface area contributed by atoms with E-state index < -0.39 is 12.5 Å². The summed E-state index contributed by atoms with van der Waals surface area (Å²) in [6.07, 6.45) is 2.16. The summed E-state index contributed by atoms with van der Waals surface area (Å²) in [5, 5.41) is 3.09. The Hall–Kier alpha value is -2.81. The van der Waals surface area contributed by atoms with Crippen LogP contribution in [0.15, 0.2) is 41.5 Å². The average molecular weight is 379 g/mol. The molecule has 0 bridgehead atoms. The molecular weight excluding hydrogens is 364 g/mol. The molecule has 9 heteroatoms. The number of aryl methyl sites for hydroxylation is 1. The number of amides is 1. The second-order valence-electron chi connectivity index (χ2n) is 5.41. The number of nitrogens with one attached hydrogen (secondary N) is 1. The van der Waals surface area contributed by atoms with Crippen LogP contribution in [0, 0.1) is 0 Å². The Morgan fingerprint density at radius 1 is 1.35 bits per heavy atom. The van der Waals surface area contributed by atoms with Crippen molar-refractivity contribution in [2.75, 3.05) is 5.32 Å². The number of thiophene rings is 1. The maximum atomic E-state index is 12.5. The highest BCUT2D eigenvalue weighted by atomic mass is 32.1. The smallest absolute Gasteiger partial charge is 0.387 e. The Labute approximate surface area is 151 Å². The number of nitrogens with zero attached hydrogens (tertiary/aromatic N) is 2. The number of benzene rings is 1. The molecule has 136 valence electrons. The van der Waals surface area contributed by atoms with Crippen LogP contribution in [0.1, 0.15) is 11.8 Å². The van der Waals surface area contributed by atoms with Gasteiger partial charge in [0.15, 0.2) is 0 Å². The van der Waals surface area contributed by atoms with Crippen molar-refractivity contribution in [2.45, 2.75) is 26.5 Å². The van der Waals surface area contributed by atoms with Gasteiger partial charge in [-0.2, -0.15) is 8.78 Å². The highest BCUT2D eigenvalue weighted by Gasteiger charge is 2.11. The molecule has 0 spiro atoms. The number of hydrogen-bond donors (Lipinski definition) is 1. The van der Waals surface area contributed by atoms with Gasteiger partial charge in [0.25, 0.3) is 5.56 Å². The average Bonchev–Trinajstić information content (AvgIpc) is 3.03. The number of alkyl halides is 2. The lowest BCUT2D eigenvalue weighted by Crippen LogP contribution is -2.27. The summed E-state index contributed by atoms with van der Waals surface area (Å²) in [6.45, 7) is -1.11. The molecule has 0 atom stereocenters.